The maximum atomic E-state index is 12.4. The number of allylic oxidation sites excluding steroid dienone is 1. The number of thiazole rings is 1. The molecule has 1 aromatic heterocycles. The number of aromatic nitrogens is 1. The van der Waals surface area contributed by atoms with Crippen LogP contribution in [0.1, 0.15) is 26.5 Å². The van der Waals surface area contributed by atoms with Gasteiger partial charge in [-0.15, -0.1) is 11.3 Å². The summed E-state index contributed by atoms with van der Waals surface area (Å²) in [5.74, 6) is 2.17. The number of nitrogens with zero attached hydrogens (tertiary/aromatic N) is 1. The SMILES string of the molecule is COc1ccc(OCCOc2ccc3c(c2)C(=O)C=C3c2ncsc2C)cc1. The molecule has 3 aromatic rings. The number of aryl methyl sites for hydroxylation is 1. The van der Waals surface area contributed by atoms with Crippen LogP contribution in [0, 0.1) is 6.92 Å². The standard InChI is InChI=1S/C22H19NO4S/c1-14-22(23-13-28-14)20-12-21(24)19-11-17(7-8-18(19)20)27-10-9-26-16-5-3-15(25-2)4-6-16/h3-8,11-13H,9-10H2,1-2H3. The number of hydrogen-bond acceptors (Lipinski definition) is 6. The van der Waals surface area contributed by atoms with Crippen LogP contribution in [0.3, 0.4) is 0 Å². The van der Waals surface area contributed by atoms with Gasteiger partial charge in [0.25, 0.3) is 0 Å². The fourth-order valence-corrected chi connectivity index (χ4v) is 3.68. The molecule has 28 heavy (non-hydrogen) atoms. The van der Waals surface area contributed by atoms with Gasteiger partial charge in [0.05, 0.1) is 18.3 Å². The summed E-state index contributed by atoms with van der Waals surface area (Å²) in [5, 5.41) is 0. The molecule has 142 valence electrons. The molecule has 1 aliphatic rings. The number of hydrogen-bond donors (Lipinski definition) is 0. The molecule has 0 atom stereocenters. The molecule has 0 amide bonds. The van der Waals surface area contributed by atoms with Crippen molar-refractivity contribution in [2.24, 2.45) is 0 Å². The molecule has 1 aliphatic carbocycles. The average molecular weight is 393 g/mol. The van der Waals surface area contributed by atoms with Crippen LogP contribution in [0.15, 0.2) is 54.1 Å². The van der Waals surface area contributed by atoms with Crippen molar-refractivity contribution in [2.45, 2.75) is 6.92 Å². The lowest BCUT2D eigenvalue weighted by Gasteiger charge is -2.10. The van der Waals surface area contributed by atoms with Gasteiger partial charge in [-0.05, 0) is 61.0 Å². The van der Waals surface area contributed by atoms with Gasteiger partial charge < -0.3 is 14.2 Å². The Hall–Kier alpha value is -3.12. The van der Waals surface area contributed by atoms with E-state index in [1.807, 2.05) is 43.3 Å². The Bertz CT molecular complexity index is 1040. The van der Waals surface area contributed by atoms with E-state index in [1.165, 1.54) is 0 Å². The maximum Gasteiger partial charge on any atom is 0.187 e. The van der Waals surface area contributed by atoms with E-state index < -0.39 is 0 Å². The van der Waals surface area contributed by atoms with Crippen LogP contribution in [-0.4, -0.2) is 31.1 Å². The second-order valence-electron chi connectivity index (χ2n) is 6.26. The van der Waals surface area contributed by atoms with Crippen LogP contribution in [0.5, 0.6) is 17.2 Å². The average Bonchev–Trinajstić information content (AvgIpc) is 3.28. The van der Waals surface area contributed by atoms with Crippen LogP contribution in [0.2, 0.25) is 0 Å². The highest BCUT2D eigenvalue weighted by atomic mass is 32.1. The molecule has 0 bridgehead atoms. The summed E-state index contributed by atoms with van der Waals surface area (Å²) in [4.78, 5) is 17.9. The Labute approximate surface area is 167 Å². The molecule has 2 aromatic carbocycles. The van der Waals surface area contributed by atoms with Gasteiger partial charge in [-0.1, -0.05) is 0 Å². The quantitative estimate of drug-likeness (QED) is 0.552. The summed E-state index contributed by atoms with van der Waals surface area (Å²) in [6.07, 6.45) is 1.66. The van der Waals surface area contributed by atoms with Crippen LogP contribution in [-0.2, 0) is 0 Å². The smallest absolute Gasteiger partial charge is 0.187 e. The molecule has 5 nitrogen and oxygen atoms in total. The second kappa shape index (κ2) is 7.86. The fraction of sp³-hybridized carbons (Fsp3) is 0.182. The van der Waals surface area contributed by atoms with E-state index in [1.54, 1.807) is 36.1 Å². The Morgan fingerprint density at radius 1 is 0.929 bits per heavy atom. The number of methoxy groups -OCH3 is 1. The zero-order valence-corrected chi connectivity index (χ0v) is 16.4. The highest BCUT2D eigenvalue weighted by Gasteiger charge is 2.25. The van der Waals surface area contributed by atoms with Gasteiger partial charge in [-0.3, -0.25) is 4.79 Å². The lowest BCUT2D eigenvalue weighted by Crippen LogP contribution is -2.09. The normalized spacial score (nSPS) is 12.5. The Balaban J connectivity index is 1.38. The molecule has 0 spiro atoms. The highest BCUT2D eigenvalue weighted by Crippen LogP contribution is 2.36. The van der Waals surface area contributed by atoms with E-state index in [9.17, 15) is 4.79 Å². The van der Waals surface area contributed by atoms with E-state index >= 15 is 0 Å². The van der Waals surface area contributed by atoms with Crippen molar-refractivity contribution in [3.63, 3.8) is 0 Å². The van der Waals surface area contributed by atoms with E-state index in [4.69, 9.17) is 14.2 Å². The minimum Gasteiger partial charge on any atom is -0.497 e. The van der Waals surface area contributed by atoms with Gasteiger partial charge in [-0.25, -0.2) is 4.98 Å². The monoisotopic (exact) mass is 393 g/mol. The number of ketones is 1. The number of rotatable bonds is 7. The molecular formula is C22H19NO4S. The molecule has 0 radical (unpaired) electrons. The first-order valence-corrected chi connectivity index (χ1v) is 9.74. The predicted octanol–water partition coefficient (Wildman–Crippen LogP) is 4.55. The molecule has 6 heteroatoms. The third-order valence-corrected chi connectivity index (χ3v) is 5.26. The Kier molecular flexibility index (Phi) is 5.12. The van der Waals surface area contributed by atoms with Crippen LogP contribution in [0.25, 0.3) is 5.57 Å². The van der Waals surface area contributed by atoms with E-state index in [0.717, 1.165) is 33.2 Å². The minimum absolute atomic E-state index is 0.0164. The first-order chi connectivity index (χ1) is 13.7. The first-order valence-electron chi connectivity index (χ1n) is 8.86. The van der Waals surface area contributed by atoms with Crippen molar-refractivity contribution < 1.29 is 19.0 Å². The molecule has 0 N–H and O–H groups in total. The predicted molar refractivity (Wildman–Crippen MR) is 109 cm³/mol. The topological polar surface area (TPSA) is 57.7 Å². The summed E-state index contributed by atoms with van der Waals surface area (Å²) >= 11 is 1.58. The van der Waals surface area contributed by atoms with Gasteiger partial charge >= 0.3 is 0 Å². The summed E-state index contributed by atoms with van der Waals surface area (Å²) in [6.45, 7) is 2.79. The summed E-state index contributed by atoms with van der Waals surface area (Å²) in [6, 6.07) is 13.0. The van der Waals surface area contributed by atoms with Crippen molar-refractivity contribution in [2.75, 3.05) is 20.3 Å². The number of carbonyl (C=O) groups is 1. The lowest BCUT2D eigenvalue weighted by atomic mass is 10.0. The van der Waals surface area contributed by atoms with Crippen molar-refractivity contribution in [1.82, 2.24) is 4.98 Å². The Morgan fingerprint density at radius 3 is 2.29 bits per heavy atom. The minimum atomic E-state index is -0.0164. The molecular weight excluding hydrogens is 374 g/mol. The molecule has 0 saturated carbocycles. The zero-order chi connectivity index (χ0) is 19.5. The molecule has 0 unspecified atom stereocenters. The van der Waals surface area contributed by atoms with Crippen molar-refractivity contribution in [3.8, 4) is 17.2 Å². The summed E-state index contributed by atoms with van der Waals surface area (Å²) in [7, 11) is 1.63. The van der Waals surface area contributed by atoms with Gasteiger partial charge in [0.15, 0.2) is 5.78 Å². The third kappa shape index (κ3) is 3.64. The van der Waals surface area contributed by atoms with E-state index in [2.05, 4.69) is 4.98 Å². The van der Waals surface area contributed by atoms with Crippen LogP contribution >= 0.6 is 11.3 Å². The number of fused-ring (bicyclic) bond motifs is 1. The molecule has 0 fully saturated rings. The largest absolute Gasteiger partial charge is 0.497 e. The maximum absolute atomic E-state index is 12.4. The fourth-order valence-electron chi connectivity index (χ4n) is 3.09. The van der Waals surface area contributed by atoms with Gasteiger partial charge in [-0.2, -0.15) is 0 Å². The van der Waals surface area contributed by atoms with Crippen LogP contribution < -0.4 is 14.2 Å². The Morgan fingerprint density at radius 2 is 1.61 bits per heavy atom. The van der Waals surface area contributed by atoms with Crippen molar-refractivity contribution in [1.29, 1.82) is 0 Å². The van der Waals surface area contributed by atoms with Crippen LogP contribution in [0.4, 0.5) is 0 Å². The number of benzene rings is 2. The second-order valence-corrected chi connectivity index (χ2v) is 7.32. The third-order valence-electron chi connectivity index (χ3n) is 4.50. The van der Waals surface area contributed by atoms with Gasteiger partial charge in [0.1, 0.15) is 30.5 Å². The summed E-state index contributed by atoms with van der Waals surface area (Å²) < 4.78 is 16.5. The molecule has 1 heterocycles. The van der Waals surface area contributed by atoms with Gasteiger partial charge in [0, 0.05) is 16.0 Å². The molecule has 0 aliphatic heterocycles. The highest BCUT2D eigenvalue weighted by molar-refractivity contribution is 7.09. The summed E-state index contributed by atoms with van der Waals surface area (Å²) in [5.41, 5.74) is 5.11. The van der Waals surface area contributed by atoms with Gasteiger partial charge in [0.2, 0.25) is 0 Å². The van der Waals surface area contributed by atoms with E-state index in [0.29, 0.717) is 24.5 Å². The van der Waals surface area contributed by atoms with E-state index in [-0.39, 0.29) is 5.78 Å². The first kappa shape index (κ1) is 18.3. The molecule has 0 saturated heterocycles. The number of carbonyl (C=O) groups excluding carboxylic acids is 1. The number of ether oxygens (including phenoxy) is 3. The molecule has 4 rings (SSSR count). The lowest BCUT2D eigenvalue weighted by molar-refractivity contribution is 0.104. The van der Waals surface area contributed by atoms with Crippen molar-refractivity contribution >= 4 is 22.7 Å². The van der Waals surface area contributed by atoms with Crippen molar-refractivity contribution in [3.05, 3.63) is 75.7 Å². The zero-order valence-electron chi connectivity index (χ0n) is 15.6.